The second kappa shape index (κ2) is 6.88. The van der Waals surface area contributed by atoms with Gasteiger partial charge in [-0.15, -0.1) is 34.0 Å². The third-order valence-electron chi connectivity index (χ3n) is 4.76. The first-order valence-electron chi connectivity index (χ1n) is 9.23. The van der Waals surface area contributed by atoms with Gasteiger partial charge in [0.15, 0.2) is 0 Å². The molecule has 6 rings (SSSR count). The molecule has 8 bridgehead atoms. The molecule has 6 heterocycles. The predicted octanol–water partition coefficient (Wildman–Crippen LogP) is 7.85. The second-order valence-electron chi connectivity index (χ2n) is 6.78. The minimum atomic E-state index is 0.992. The summed E-state index contributed by atoms with van der Waals surface area (Å²) in [6, 6.07) is 19.4. The molecule has 29 heavy (non-hydrogen) atoms. The molecule has 0 aromatic carbocycles. The Morgan fingerprint density at radius 1 is 0.621 bits per heavy atom. The van der Waals surface area contributed by atoms with Crippen LogP contribution in [-0.2, 0) is 0 Å². The van der Waals surface area contributed by atoms with Crippen LogP contribution in [-0.4, -0.2) is 9.97 Å². The Kier molecular flexibility index (Phi) is 4.04. The highest BCUT2D eigenvalue weighted by atomic mass is 32.1. The molecule has 2 aliphatic rings. The molecule has 0 fully saturated rings. The molecule has 138 valence electrons. The lowest BCUT2D eigenvalue weighted by molar-refractivity contribution is 1.33. The predicted molar refractivity (Wildman–Crippen MR) is 129 cm³/mol. The van der Waals surface area contributed by atoms with Crippen molar-refractivity contribution in [2.75, 3.05) is 0 Å². The smallest absolute Gasteiger partial charge is 0.0738 e. The summed E-state index contributed by atoms with van der Waals surface area (Å²) in [7, 11) is 0. The van der Waals surface area contributed by atoms with Crippen LogP contribution in [0.25, 0.3) is 53.5 Å². The molecule has 0 atom stereocenters. The van der Waals surface area contributed by atoms with Crippen molar-refractivity contribution >= 4 is 77.1 Å². The van der Waals surface area contributed by atoms with Gasteiger partial charge in [-0.3, -0.25) is 0 Å². The van der Waals surface area contributed by atoms with Crippen LogP contribution in [0.4, 0.5) is 0 Å². The van der Waals surface area contributed by atoms with E-state index in [1.807, 2.05) is 0 Å². The van der Waals surface area contributed by atoms with Gasteiger partial charge in [-0.25, -0.2) is 9.97 Å². The molecular formula is C24H14N2S3. The largest absolute Gasteiger partial charge is 0.249 e. The fourth-order valence-electron chi connectivity index (χ4n) is 3.47. The van der Waals surface area contributed by atoms with Crippen LogP contribution in [0.5, 0.6) is 0 Å². The van der Waals surface area contributed by atoms with Crippen molar-refractivity contribution in [3.63, 3.8) is 0 Å². The topological polar surface area (TPSA) is 25.8 Å². The Morgan fingerprint density at radius 3 is 2.00 bits per heavy atom. The van der Waals surface area contributed by atoms with E-state index >= 15 is 0 Å². The molecule has 2 aliphatic heterocycles. The molecule has 4 aromatic heterocycles. The number of aromatic nitrogens is 2. The Hall–Kier alpha value is -2.86. The van der Waals surface area contributed by atoms with E-state index in [4.69, 9.17) is 9.97 Å². The van der Waals surface area contributed by atoms with Gasteiger partial charge in [0.2, 0.25) is 0 Å². The molecule has 0 N–H and O–H groups in total. The zero-order valence-electron chi connectivity index (χ0n) is 15.2. The Balaban J connectivity index is 1.74. The minimum absolute atomic E-state index is 0.992. The van der Waals surface area contributed by atoms with Crippen molar-refractivity contribution in [3.05, 3.63) is 82.8 Å². The van der Waals surface area contributed by atoms with Crippen LogP contribution < -0.4 is 0 Å². The number of thiophene rings is 3. The summed E-state index contributed by atoms with van der Waals surface area (Å²) in [5.74, 6) is 0. The van der Waals surface area contributed by atoms with Crippen molar-refractivity contribution in [1.82, 2.24) is 9.97 Å². The van der Waals surface area contributed by atoms with Crippen LogP contribution in [0.1, 0.15) is 22.8 Å². The zero-order chi connectivity index (χ0) is 19.2. The average Bonchev–Trinajstić information content (AvgIpc) is 3.51. The lowest BCUT2D eigenvalue weighted by atomic mass is 10.2. The Bertz CT molecular complexity index is 1450. The molecular weight excluding hydrogens is 412 g/mol. The molecule has 0 spiro atoms. The average molecular weight is 427 g/mol. The maximum absolute atomic E-state index is 4.95. The van der Waals surface area contributed by atoms with Crippen LogP contribution in [0.2, 0.25) is 0 Å². The Morgan fingerprint density at radius 2 is 1.28 bits per heavy atom. The molecule has 0 radical (unpaired) electrons. The number of rotatable bonds is 1. The van der Waals surface area contributed by atoms with Crippen molar-refractivity contribution in [3.8, 4) is 10.4 Å². The van der Waals surface area contributed by atoms with Crippen molar-refractivity contribution < 1.29 is 0 Å². The van der Waals surface area contributed by atoms with Gasteiger partial charge in [0.05, 0.1) is 22.8 Å². The summed E-state index contributed by atoms with van der Waals surface area (Å²) in [5.41, 5.74) is 5.20. The molecule has 0 unspecified atom stereocenters. The van der Waals surface area contributed by atoms with E-state index < -0.39 is 0 Å². The fraction of sp³-hybridized carbons (Fsp3) is 0. The summed E-state index contributed by atoms with van der Waals surface area (Å²) in [4.78, 5) is 11.0. The third kappa shape index (κ3) is 3.27. The minimum Gasteiger partial charge on any atom is -0.249 e. The maximum atomic E-state index is 4.95. The molecule has 0 saturated carbocycles. The van der Waals surface area contributed by atoms with Gasteiger partial charge < -0.3 is 0 Å². The third-order valence-corrected chi connectivity index (χ3v) is 7.68. The van der Waals surface area contributed by atoms with Gasteiger partial charge in [0.25, 0.3) is 0 Å². The van der Waals surface area contributed by atoms with Crippen LogP contribution in [0, 0.1) is 0 Å². The van der Waals surface area contributed by atoms with Gasteiger partial charge in [-0.05, 0) is 78.2 Å². The van der Waals surface area contributed by atoms with Crippen LogP contribution in [0.15, 0.2) is 60.0 Å². The van der Waals surface area contributed by atoms with E-state index in [1.165, 1.54) is 29.2 Å². The van der Waals surface area contributed by atoms with E-state index in [9.17, 15) is 0 Å². The van der Waals surface area contributed by atoms with E-state index in [0.29, 0.717) is 0 Å². The van der Waals surface area contributed by atoms with Gasteiger partial charge in [0.1, 0.15) is 0 Å². The summed E-state index contributed by atoms with van der Waals surface area (Å²) < 4.78 is 4.82. The molecule has 0 saturated heterocycles. The highest BCUT2D eigenvalue weighted by Gasteiger charge is 2.11. The van der Waals surface area contributed by atoms with E-state index in [2.05, 4.69) is 84.3 Å². The first-order valence-corrected chi connectivity index (χ1v) is 11.7. The highest BCUT2D eigenvalue weighted by Crippen LogP contribution is 2.36. The van der Waals surface area contributed by atoms with Gasteiger partial charge >= 0.3 is 0 Å². The molecule has 2 nitrogen and oxygen atoms in total. The summed E-state index contributed by atoms with van der Waals surface area (Å²) in [6.07, 6.45) is 8.40. The molecule has 4 aromatic rings. The van der Waals surface area contributed by atoms with Crippen molar-refractivity contribution in [2.45, 2.75) is 0 Å². The van der Waals surface area contributed by atoms with E-state index in [-0.39, 0.29) is 0 Å². The normalized spacial score (nSPS) is 12.6. The molecule has 0 aliphatic carbocycles. The molecule has 0 amide bonds. The van der Waals surface area contributed by atoms with Crippen LogP contribution in [0.3, 0.4) is 0 Å². The van der Waals surface area contributed by atoms with Crippen LogP contribution >= 0.6 is 34.0 Å². The monoisotopic (exact) mass is 426 g/mol. The zero-order valence-corrected chi connectivity index (χ0v) is 17.7. The lowest BCUT2D eigenvalue weighted by Crippen LogP contribution is -1.79. The maximum Gasteiger partial charge on any atom is 0.0738 e. The van der Waals surface area contributed by atoms with Gasteiger partial charge in [-0.1, -0.05) is 6.07 Å². The fourth-order valence-corrected chi connectivity index (χ4v) is 6.26. The highest BCUT2D eigenvalue weighted by molar-refractivity contribution is 7.24. The quantitative estimate of drug-likeness (QED) is 0.267. The summed E-state index contributed by atoms with van der Waals surface area (Å²) >= 11 is 5.29. The van der Waals surface area contributed by atoms with Gasteiger partial charge in [-0.2, -0.15) is 0 Å². The number of hydrogen-bond acceptors (Lipinski definition) is 5. The summed E-state index contributed by atoms with van der Waals surface area (Å²) in [5, 5.41) is 2.12. The van der Waals surface area contributed by atoms with Gasteiger partial charge in [0, 0.05) is 29.2 Å². The van der Waals surface area contributed by atoms with E-state index in [1.54, 1.807) is 34.0 Å². The standard InChI is InChI=1S/C24H14N2S3/c1-2-22(27-11-1)24-21-9-5-17(26-21)14-19-7-6-18(28-19)12-15-3-4-16(25-15)13-20-8-10-23(24)29-20/h1-14H. The number of fused-ring (bicyclic) bond motifs is 8. The Labute approximate surface area is 179 Å². The number of hydrogen-bond donors (Lipinski definition) is 0. The van der Waals surface area contributed by atoms with Crippen molar-refractivity contribution in [2.24, 2.45) is 0 Å². The van der Waals surface area contributed by atoms with Crippen molar-refractivity contribution in [1.29, 1.82) is 0 Å². The SMILES string of the molecule is C1=Cc2cc3ccc(s3)c(-c3cccs3)c3nc(cc4ccc(cc1n2)s4)C=C3. The van der Waals surface area contributed by atoms with E-state index in [0.717, 1.165) is 22.8 Å². The lowest BCUT2D eigenvalue weighted by Gasteiger charge is -1.98. The molecule has 5 heteroatoms. The number of nitrogens with zero attached hydrogens (tertiary/aromatic N) is 2. The summed E-state index contributed by atoms with van der Waals surface area (Å²) in [6.45, 7) is 0. The second-order valence-corrected chi connectivity index (χ2v) is 9.99. The first kappa shape index (κ1) is 17.0. The first-order chi connectivity index (χ1) is 14.3.